The van der Waals surface area contributed by atoms with Gasteiger partial charge in [-0.3, -0.25) is 0 Å². The van der Waals surface area contributed by atoms with Gasteiger partial charge in [-0.15, -0.1) is 0 Å². The molecule has 1 heterocycles. The number of nitrogens with zero attached hydrogens (tertiary/aromatic N) is 2. The molecule has 2 saturated carbocycles. The Morgan fingerprint density at radius 2 is 2.11 bits per heavy atom. The van der Waals surface area contributed by atoms with Crippen molar-refractivity contribution < 1.29 is 0 Å². The summed E-state index contributed by atoms with van der Waals surface area (Å²) in [5.41, 5.74) is 2.43. The summed E-state index contributed by atoms with van der Waals surface area (Å²) in [5.74, 6) is 1.25. The van der Waals surface area contributed by atoms with E-state index in [-0.39, 0.29) is 0 Å². The van der Waals surface area contributed by atoms with Gasteiger partial charge in [0.25, 0.3) is 0 Å². The Morgan fingerprint density at radius 1 is 1.26 bits per heavy atom. The molecule has 0 bridgehead atoms. The van der Waals surface area contributed by atoms with E-state index in [0.29, 0.717) is 6.04 Å². The lowest BCUT2D eigenvalue weighted by Crippen LogP contribution is -2.20. The van der Waals surface area contributed by atoms with E-state index in [1.807, 2.05) is 0 Å². The average Bonchev–Trinajstić information content (AvgIpc) is 3.27. The highest BCUT2D eigenvalue weighted by Crippen LogP contribution is 2.39. The topological polar surface area (TPSA) is 29.9 Å². The number of benzene rings is 1. The van der Waals surface area contributed by atoms with Gasteiger partial charge in [-0.05, 0) is 43.9 Å². The Kier molecular flexibility index (Phi) is 2.88. The fraction of sp³-hybridized carbons (Fsp3) is 0.533. The summed E-state index contributed by atoms with van der Waals surface area (Å²) in [7, 11) is 0. The molecule has 0 atom stereocenters. The van der Waals surface area contributed by atoms with Crippen molar-refractivity contribution in [2.75, 3.05) is 6.54 Å². The monoisotopic (exact) mass is 319 g/mol. The molecule has 2 aromatic rings. The lowest BCUT2D eigenvalue weighted by atomic mass is 10.3. The van der Waals surface area contributed by atoms with Crippen LogP contribution >= 0.6 is 15.9 Å². The van der Waals surface area contributed by atoms with Gasteiger partial charge in [0, 0.05) is 29.5 Å². The second-order valence-electron chi connectivity index (χ2n) is 5.74. The molecule has 0 saturated heterocycles. The molecule has 0 amide bonds. The third-order valence-corrected chi connectivity index (χ3v) is 4.49. The Bertz CT molecular complexity index is 611. The number of hydrogen-bond acceptors (Lipinski definition) is 2. The first-order valence-corrected chi connectivity index (χ1v) is 8.00. The molecule has 19 heavy (non-hydrogen) atoms. The minimum absolute atomic E-state index is 0.696. The minimum Gasteiger partial charge on any atom is -0.325 e. The SMILES string of the molecule is Brc1ccc2c(c1)nc(CCNC1CC1)n2C1CC1. The molecule has 100 valence electrons. The van der Waals surface area contributed by atoms with Crippen LogP contribution in [0.15, 0.2) is 22.7 Å². The molecule has 0 unspecified atom stereocenters. The molecule has 4 heteroatoms. The number of aromatic nitrogens is 2. The Balaban J connectivity index is 1.64. The maximum Gasteiger partial charge on any atom is 0.111 e. The zero-order valence-corrected chi connectivity index (χ0v) is 12.5. The summed E-state index contributed by atoms with van der Waals surface area (Å²) in [6, 6.07) is 7.93. The van der Waals surface area contributed by atoms with E-state index in [4.69, 9.17) is 4.98 Å². The number of fused-ring (bicyclic) bond motifs is 1. The molecular formula is C15H18BrN3. The number of imidazole rings is 1. The first kappa shape index (κ1) is 11.9. The second kappa shape index (κ2) is 4.60. The van der Waals surface area contributed by atoms with E-state index in [1.54, 1.807) is 0 Å². The van der Waals surface area contributed by atoms with Crippen molar-refractivity contribution in [3.8, 4) is 0 Å². The van der Waals surface area contributed by atoms with Crippen LogP contribution < -0.4 is 5.32 Å². The van der Waals surface area contributed by atoms with Gasteiger partial charge < -0.3 is 9.88 Å². The lowest BCUT2D eigenvalue weighted by molar-refractivity contribution is 0.631. The van der Waals surface area contributed by atoms with Crippen LogP contribution in [0.25, 0.3) is 11.0 Å². The van der Waals surface area contributed by atoms with Crippen molar-refractivity contribution >= 4 is 27.0 Å². The van der Waals surface area contributed by atoms with Crippen LogP contribution in [-0.4, -0.2) is 22.1 Å². The molecule has 1 N–H and O–H groups in total. The third kappa shape index (κ3) is 2.43. The first-order valence-electron chi connectivity index (χ1n) is 7.21. The number of halogens is 1. The van der Waals surface area contributed by atoms with Crippen molar-refractivity contribution in [2.45, 2.75) is 44.2 Å². The lowest BCUT2D eigenvalue weighted by Gasteiger charge is -2.08. The van der Waals surface area contributed by atoms with Crippen molar-refractivity contribution in [3.63, 3.8) is 0 Å². The number of hydrogen-bond donors (Lipinski definition) is 1. The van der Waals surface area contributed by atoms with E-state index in [0.717, 1.165) is 29.0 Å². The maximum absolute atomic E-state index is 4.84. The zero-order valence-electron chi connectivity index (χ0n) is 10.9. The van der Waals surface area contributed by atoms with Gasteiger partial charge in [0.05, 0.1) is 11.0 Å². The highest BCUT2D eigenvalue weighted by Gasteiger charge is 2.28. The van der Waals surface area contributed by atoms with Crippen molar-refractivity contribution in [2.24, 2.45) is 0 Å². The quantitative estimate of drug-likeness (QED) is 0.915. The van der Waals surface area contributed by atoms with E-state index < -0.39 is 0 Å². The van der Waals surface area contributed by atoms with Gasteiger partial charge in [0.15, 0.2) is 0 Å². The third-order valence-electron chi connectivity index (χ3n) is 4.00. The summed E-state index contributed by atoms with van der Waals surface area (Å²) >= 11 is 3.54. The van der Waals surface area contributed by atoms with Crippen LogP contribution in [-0.2, 0) is 6.42 Å². The maximum atomic E-state index is 4.84. The molecule has 0 aliphatic heterocycles. The van der Waals surface area contributed by atoms with Crippen molar-refractivity contribution in [3.05, 3.63) is 28.5 Å². The minimum atomic E-state index is 0.696. The van der Waals surface area contributed by atoms with E-state index in [2.05, 4.69) is 44.0 Å². The Labute approximate surface area is 121 Å². The largest absolute Gasteiger partial charge is 0.325 e. The van der Waals surface area contributed by atoms with Crippen molar-refractivity contribution in [1.29, 1.82) is 0 Å². The van der Waals surface area contributed by atoms with E-state index in [9.17, 15) is 0 Å². The van der Waals surface area contributed by atoms with Gasteiger partial charge in [0.2, 0.25) is 0 Å². The predicted octanol–water partition coefficient (Wildman–Crippen LogP) is 3.43. The molecule has 2 aliphatic rings. The van der Waals surface area contributed by atoms with E-state index >= 15 is 0 Å². The van der Waals surface area contributed by atoms with Gasteiger partial charge in [-0.2, -0.15) is 0 Å². The summed E-state index contributed by atoms with van der Waals surface area (Å²) in [5, 5.41) is 3.58. The average molecular weight is 320 g/mol. The fourth-order valence-electron chi connectivity index (χ4n) is 2.71. The molecule has 2 fully saturated rings. The van der Waals surface area contributed by atoms with Crippen LogP contribution in [0.4, 0.5) is 0 Å². The van der Waals surface area contributed by atoms with Crippen LogP contribution in [0.3, 0.4) is 0 Å². The first-order chi connectivity index (χ1) is 9.31. The fourth-order valence-corrected chi connectivity index (χ4v) is 3.06. The zero-order chi connectivity index (χ0) is 12.8. The summed E-state index contributed by atoms with van der Waals surface area (Å²) in [6.45, 7) is 1.06. The van der Waals surface area contributed by atoms with Crippen LogP contribution in [0.1, 0.15) is 37.5 Å². The molecule has 1 aromatic carbocycles. The summed E-state index contributed by atoms with van der Waals surface area (Å²) in [6.07, 6.45) is 6.37. The number of nitrogens with one attached hydrogen (secondary N) is 1. The Morgan fingerprint density at radius 3 is 2.84 bits per heavy atom. The molecule has 0 radical (unpaired) electrons. The summed E-state index contributed by atoms with van der Waals surface area (Å²) < 4.78 is 3.58. The highest BCUT2D eigenvalue weighted by molar-refractivity contribution is 9.10. The summed E-state index contributed by atoms with van der Waals surface area (Å²) in [4.78, 5) is 4.84. The molecule has 4 rings (SSSR count). The van der Waals surface area contributed by atoms with Crippen LogP contribution in [0.2, 0.25) is 0 Å². The van der Waals surface area contributed by atoms with E-state index in [1.165, 1.54) is 37.0 Å². The normalized spacial score (nSPS) is 19.2. The van der Waals surface area contributed by atoms with Gasteiger partial charge in [-0.25, -0.2) is 4.98 Å². The smallest absolute Gasteiger partial charge is 0.111 e. The number of rotatable bonds is 5. The molecule has 0 spiro atoms. The molecule has 3 nitrogen and oxygen atoms in total. The molecule has 1 aromatic heterocycles. The predicted molar refractivity (Wildman–Crippen MR) is 80.4 cm³/mol. The Hall–Kier alpha value is -0.870. The van der Waals surface area contributed by atoms with Gasteiger partial charge in [-0.1, -0.05) is 15.9 Å². The standard InChI is InChI=1S/C15H18BrN3/c16-10-1-6-14-13(9-10)18-15(19(14)12-4-5-12)7-8-17-11-2-3-11/h1,6,9,11-12,17H,2-5,7-8H2. The van der Waals surface area contributed by atoms with Crippen molar-refractivity contribution in [1.82, 2.24) is 14.9 Å². The van der Waals surface area contributed by atoms with Crippen LogP contribution in [0, 0.1) is 0 Å². The second-order valence-corrected chi connectivity index (χ2v) is 6.66. The molecule has 2 aliphatic carbocycles. The highest BCUT2D eigenvalue weighted by atomic mass is 79.9. The van der Waals surface area contributed by atoms with Crippen LogP contribution in [0.5, 0.6) is 0 Å². The van der Waals surface area contributed by atoms with Gasteiger partial charge >= 0.3 is 0 Å². The molecular weight excluding hydrogens is 302 g/mol. The van der Waals surface area contributed by atoms with Gasteiger partial charge in [0.1, 0.15) is 5.82 Å².